The van der Waals surface area contributed by atoms with Crippen molar-refractivity contribution in [3.8, 4) is 0 Å². The molecule has 0 unspecified atom stereocenters. The molecular weight excluding hydrogens is 382 g/mol. The second-order valence-electron chi connectivity index (χ2n) is 6.99. The maximum atomic E-state index is 14.0. The normalized spacial score (nSPS) is 16.8. The largest absolute Gasteiger partial charge is 0.368 e. The van der Waals surface area contributed by atoms with Crippen molar-refractivity contribution in [2.24, 2.45) is 13.0 Å². The number of nitrogens with one attached hydrogen (secondary N) is 2. The molecule has 0 aliphatic carbocycles. The summed E-state index contributed by atoms with van der Waals surface area (Å²) in [5, 5.41) is 4.25. The van der Waals surface area contributed by atoms with E-state index in [1.165, 1.54) is 0 Å². The zero-order chi connectivity index (χ0) is 20.5. The van der Waals surface area contributed by atoms with Crippen LogP contribution in [-0.4, -0.2) is 38.7 Å². The number of aryl methyl sites for hydroxylation is 1. The van der Waals surface area contributed by atoms with Crippen molar-refractivity contribution >= 4 is 34.3 Å². The highest BCUT2D eigenvalue weighted by Crippen LogP contribution is 2.25. The number of carbonyl (C=O) groups excluding carboxylic acids is 1. The number of nitrogens with zero attached hydrogens (tertiary/aromatic N) is 5. The first-order valence-corrected chi connectivity index (χ1v) is 9.12. The number of nitrogens with two attached hydrogens (primary N) is 1. The van der Waals surface area contributed by atoms with Crippen LogP contribution in [0.15, 0.2) is 24.5 Å². The summed E-state index contributed by atoms with van der Waals surface area (Å²) < 4.78 is 29.3. The van der Waals surface area contributed by atoms with Crippen LogP contribution >= 0.6 is 0 Å². The van der Waals surface area contributed by atoms with Crippen molar-refractivity contribution in [2.75, 3.05) is 29.1 Å². The molecule has 3 heterocycles. The quantitative estimate of drug-likeness (QED) is 0.568. The Hall–Kier alpha value is -3.50. The number of hydrogen-bond acceptors (Lipinski definition) is 7. The van der Waals surface area contributed by atoms with Crippen LogP contribution in [0, 0.1) is 17.6 Å². The second-order valence-corrected chi connectivity index (χ2v) is 6.99. The molecule has 4 rings (SSSR count). The Morgan fingerprint density at radius 3 is 2.90 bits per heavy atom. The van der Waals surface area contributed by atoms with Gasteiger partial charge in [0, 0.05) is 32.4 Å². The number of benzene rings is 1. The number of hydrazine groups is 1. The van der Waals surface area contributed by atoms with E-state index in [9.17, 15) is 13.6 Å². The standard InChI is InChI=1S/C18H20F2N8O/c1-27-9-12(7-22-27)28-4-2-3-10(8-28)17(29)26-25-16-13-5-11(19)6-14(20)15(13)23-18(21)24-16/h5-7,9-10H,2-4,8H2,1H3,(H,26,29)(H3,21,23,24,25)/t10-/m1/s1. The highest BCUT2D eigenvalue weighted by atomic mass is 19.1. The van der Waals surface area contributed by atoms with Gasteiger partial charge in [0.2, 0.25) is 11.9 Å². The summed E-state index contributed by atoms with van der Waals surface area (Å²) in [7, 11) is 1.84. The molecule has 152 valence electrons. The molecule has 3 aromatic rings. The third-order valence-electron chi connectivity index (χ3n) is 4.89. The van der Waals surface area contributed by atoms with Crippen LogP contribution in [-0.2, 0) is 11.8 Å². The van der Waals surface area contributed by atoms with E-state index in [-0.39, 0.29) is 34.5 Å². The van der Waals surface area contributed by atoms with Crippen LogP contribution in [0.5, 0.6) is 0 Å². The smallest absolute Gasteiger partial charge is 0.243 e. The fourth-order valence-electron chi connectivity index (χ4n) is 3.49. The lowest BCUT2D eigenvalue weighted by Crippen LogP contribution is -2.44. The number of hydrogen-bond donors (Lipinski definition) is 3. The Kier molecular flexibility index (Phi) is 4.87. The Morgan fingerprint density at radius 2 is 2.14 bits per heavy atom. The van der Waals surface area contributed by atoms with E-state index in [0.717, 1.165) is 31.1 Å². The molecule has 0 bridgehead atoms. The minimum Gasteiger partial charge on any atom is -0.368 e. The lowest BCUT2D eigenvalue weighted by molar-refractivity contribution is -0.124. The predicted molar refractivity (Wildman–Crippen MR) is 104 cm³/mol. The summed E-state index contributed by atoms with van der Waals surface area (Å²) in [6.07, 6.45) is 5.24. The van der Waals surface area contributed by atoms with Gasteiger partial charge in [-0.15, -0.1) is 0 Å². The van der Waals surface area contributed by atoms with E-state index in [2.05, 4.69) is 30.8 Å². The zero-order valence-electron chi connectivity index (χ0n) is 15.7. The summed E-state index contributed by atoms with van der Waals surface area (Å²) in [5.41, 5.74) is 11.7. The molecule has 1 amide bonds. The average molecular weight is 402 g/mol. The summed E-state index contributed by atoms with van der Waals surface area (Å²) in [6, 6.07) is 1.79. The number of nitrogen functional groups attached to an aromatic ring is 1. The molecule has 1 aliphatic heterocycles. The maximum Gasteiger partial charge on any atom is 0.243 e. The Labute approximate surface area is 164 Å². The Bertz CT molecular complexity index is 1070. The van der Waals surface area contributed by atoms with Gasteiger partial charge in [-0.05, 0) is 18.9 Å². The highest BCUT2D eigenvalue weighted by Gasteiger charge is 2.27. The van der Waals surface area contributed by atoms with Gasteiger partial charge in [0.15, 0.2) is 11.6 Å². The molecule has 1 atom stereocenters. The molecule has 4 N–H and O–H groups in total. The Balaban J connectivity index is 1.48. The number of halogens is 2. The summed E-state index contributed by atoms with van der Waals surface area (Å²) in [4.78, 5) is 22.5. The molecule has 11 heteroatoms. The van der Waals surface area contributed by atoms with Crippen LogP contribution < -0.4 is 21.5 Å². The van der Waals surface area contributed by atoms with E-state index in [0.29, 0.717) is 12.6 Å². The molecule has 2 aromatic heterocycles. The first kappa shape index (κ1) is 18.8. The van der Waals surface area contributed by atoms with Crippen molar-refractivity contribution in [1.82, 2.24) is 25.2 Å². The number of carbonyl (C=O) groups is 1. The summed E-state index contributed by atoms with van der Waals surface area (Å²) >= 11 is 0. The molecule has 1 aromatic carbocycles. The van der Waals surface area contributed by atoms with Crippen LogP contribution in [0.2, 0.25) is 0 Å². The Morgan fingerprint density at radius 1 is 1.31 bits per heavy atom. The molecule has 29 heavy (non-hydrogen) atoms. The van der Waals surface area contributed by atoms with Gasteiger partial charge < -0.3 is 10.6 Å². The number of amides is 1. The van der Waals surface area contributed by atoms with Gasteiger partial charge in [-0.25, -0.2) is 13.8 Å². The van der Waals surface area contributed by atoms with Crippen molar-refractivity contribution in [2.45, 2.75) is 12.8 Å². The van der Waals surface area contributed by atoms with Crippen molar-refractivity contribution in [3.05, 3.63) is 36.2 Å². The maximum absolute atomic E-state index is 14.0. The number of aromatic nitrogens is 4. The lowest BCUT2D eigenvalue weighted by Gasteiger charge is -2.32. The number of anilines is 3. The predicted octanol–water partition coefficient (Wildman–Crippen LogP) is 1.58. The van der Waals surface area contributed by atoms with Gasteiger partial charge in [0.25, 0.3) is 0 Å². The van der Waals surface area contributed by atoms with E-state index in [1.54, 1.807) is 10.9 Å². The highest BCUT2D eigenvalue weighted by molar-refractivity contribution is 5.91. The van der Waals surface area contributed by atoms with Gasteiger partial charge in [-0.3, -0.25) is 20.3 Å². The first-order valence-electron chi connectivity index (χ1n) is 9.12. The van der Waals surface area contributed by atoms with Gasteiger partial charge in [-0.1, -0.05) is 0 Å². The topological polar surface area (TPSA) is 114 Å². The molecule has 0 saturated carbocycles. The SMILES string of the molecule is Cn1cc(N2CCC[C@@H](C(=O)NNc3nc(N)nc4c(F)cc(F)cc34)C2)cn1. The molecule has 0 spiro atoms. The van der Waals surface area contributed by atoms with Gasteiger partial charge in [0.1, 0.15) is 11.3 Å². The second kappa shape index (κ2) is 7.49. The van der Waals surface area contributed by atoms with Crippen LogP contribution in [0.25, 0.3) is 10.9 Å². The molecule has 1 saturated heterocycles. The fraction of sp³-hybridized carbons (Fsp3) is 0.333. The van der Waals surface area contributed by atoms with E-state index in [4.69, 9.17) is 5.73 Å². The molecular formula is C18H20F2N8O. The fourth-order valence-corrected chi connectivity index (χ4v) is 3.49. The van der Waals surface area contributed by atoms with Crippen LogP contribution in [0.3, 0.4) is 0 Å². The van der Waals surface area contributed by atoms with Gasteiger partial charge >= 0.3 is 0 Å². The van der Waals surface area contributed by atoms with Gasteiger partial charge in [-0.2, -0.15) is 10.1 Å². The van der Waals surface area contributed by atoms with E-state index >= 15 is 0 Å². The summed E-state index contributed by atoms with van der Waals surface area (Å²) in [6.45, 7) is 1.38. The van der Waals surface area contributed by atoms with Gasteiger partial charge in [0.05, 0.1) is 23.2 Å². The molecule has 1 fully saturated rings. The summed E-state index contributed by atoms with van der Waals surface area (Å²) in [5.74, 6) is -2.32. The average Bonchev–Trinajstić information content (AvgIpc) is 3.13. The first-order chi connectivity index (χ1) is 13.9. The molecule has 9 nitrogen and oxygen atoms in total. The third-order valence-corrected chi connectivity index (χ3v) is 4.89. The van der Waals surface area contributed by atoms with Crippen molar-refractivity contribution in [1.29, 1.82) is 0 Å². The lowest BCUT2D eigenvalue weighted by atomic mass is 9.97. The minimum atomic E-state index is -0.858. The van der Waals surface area contributed by atoms with Crippen molar-refractivity contribution < 1.29 is 13.6 Å². The van der Waals surface area contributed by atoms with Crippen LogP contribution in [0.4, 0.5) is 26.2 Å². The zero-order valence-corrected chi connectivity index (χ0v) is 15.7. The minimum absolute atomic E-state index is 0.0270. The molecule has 0 radical (unpaired) electrons. The number of fused-ring (bicyclic) bond motifs is 1. The number of rotatable bonds is 4. The van der Waals surface area contributed by atoms with Crippen molar-refractivity contribution in [3.63, 3.8) is 0 Å². The van der Waals surface area contributed by atoms with E-state index < -0.39 is 11.6 Å². The number of piperidine rings is 1. The third kappa shape index (κ3) is 3.89. The van der Waals surface area contributed by atoms with Crippen LogP contribution in [0.1, 0.15) is 12.8 Å². The molecule has 1 aliphatic rings. The van der Waals surface area contributed by atoms with E-state index in [1.807, 2.05) is 13.2 Å². The monoisotopic (exact) mass is 402 g/mol.